The fourth-order valence-corrected chi connectivity index (χ4v) is 4.43. The molecular weight excluding hydrogens is 444 g/mol. The number of nitrogens with zero attached hydrogens (tertiary/aromatic N) is 2. The molecule has 0 aliphatic rings. The van der Waals surface area contributed by atoms with Crippen molar-refractivity contribution in [2.75, 3.05) is 14.2 Å². The second-order valence-electron chi connectivity index (χ2n) is 9.14. The van der Waals surface area contributed by atoms with Crippen molar-refractivity contribution >= 4 is 5.97 Å². The molecule has 1 N–H and O–H groups in total. The molecular formula is C28H36N2O5. The Labute approximate surface area is 206 Å². The van der Waals surface area contributed by atoms with Crippen molar-refractivity contribution in [2.45, 2.75) is 59.4 Å². The van der Waals surface area contributed by atoms with Crippen LogP contribution in [0.5, 0.6) is 0 Å². The van der Waals surface area contributed by atoms with Crippen molar-refractivity contribution in [1.82, 2.24) is 9.13 Å². The molecule has 0 radical (unpaired) electrons. The number of carbonyl (C=O) groups is 1. The smallest absolute Gasteiger partial charge is 0.336 e. The zero-order valence-corrected chi connectivity index (χ0v) is 21.3. The maximum absolute atomic E-state index is 13.5. The quantitative estimate of drug-likeness (QED) is 0.353. The average molecular weight is 481 g/mol. The molecule has 7 nitrogen and oxygen atoms in total. The fourth-order valence-electron chi connectivity index (χ4n) is 4.43. The largest absolute Gasteiger partial charge is 0.478 e. The Balaban J connectivity index is 2.04. The van der Waals surface area contributed by atoms with E-state index in [9.17, 15) is 14.7 Å². The van der Waals surface area contributed by atoms with E-state index in [1.165, 1.54) is 0 Å². The van der Waals surface area contributed by atoms with Crippen molar-refractivity contribution in [3.8, 4) is 11.1 Å². The lowest BCUT2D eigenvalue weighted by Crippen LogP contribution is -2.26. The molecule has 1 aromatic heterocycles. The summed E-state index contributed by atoms with van der Waals surface area (Å²) < 4.78 is 14.8. The lowest BCUT2D eigenvalue weighted by Gasteiger charge is -2.18. The Morgan fingerprint density at radius 3 is 2.23 bits per heavy atom. The first-order valence-electron chi connectivity index (χ1n) is 12.1. The van der Waals surface area contributed by atoms with Crippen LogP contribution in [0.15, 0.2) is 53.3 Å². The van der Waals surface area contributed by atoms with Gasteiger partial charge in [0.25, 0.3) is 0 Å². The van der Waals surface area contributed by atoms with Gasteiger partial charge in [-0.05, 0) is 47.9 Å². The summed E-state index contributed by atoms with van der Waals surface area (Å²) in [6.45, 7) is 7.39. The number of ether oxygens (including phenoxy) is 2. The van der Waals surface area contributed by atoms with Crippen LogP contribution in [-0.2, 0) is 29.0 Å². The summed E-state index contributed by atoms with van der Waals surface area (Å²) in [5, 5.41) is 9.52. The number of imidazole rings is 1. The van der Waals surface area contributed by atoms with Gasteiger partial charge in [-0.3, -0.25) is 9.13 Å². The van der Waals surface area contributed by atoms with Crippen LogP contribution in [0.4, 0.5) is 0 Å². The number of rotatable bonds is 12. The first kappa shape index (κ1) is 26.4. The van der Waals surface area contributed by atoms with Gasteiger partial charge < -0.3 is 14.6 Å². The lowest BCUT2D eigenvalue weighted by atomic mass is 9.98. The number of aromatic carboxylic acids is 1. The minimum absolute atomic E-state index is 0.0694. The molecule has 0 spiro atoms. The van der Waals surface area contributed by atoms with E-state index in [1.54, 1.807) is 37.0 Å². The van der Waals surface area contributed by atoms with E-state index in [1.807, 2.05) is 41.8 Å². The highest BCUT2D eigenvalue weighted by atomic mass is 16.7. The third-order valence-corrected chi connectivity index (χ3v) is 6.19. The number of benzene rings is 2. The van der Waals surface area contributed by atoms with Crippen LogP contribution in [0, 0.1) is 5.92 Å². The first-order chi connectivity index (χ1) is 16.8. The minimum atomic E-state index is -0.957. The zero-order chi connectivity index (χ0) is 25.5. The maximum atomic E-state index is 13.5. The predicted octanol–water partition coefficient (Wildman–Crippen LogP) is 5.35. The molecule has 188 valence electrons. The van der Waals surface area contributed by atoms with Crippen molar-refractivity contribution in [3.63, 3.8) is 0 Å². The Morgan fingerprint density at radius 1 is 1.00 bits per heavy atom. The molecule has 35 heavy (non-hydrogen) atoms. The molecule has 0 fully saturated rings. The highest BCUT2D eigenvalue weighted by Crippen LogP contribution is 2.27. The summed E-state index contributed by atoms with van der Waals surface area (Å²) in [4.78, 5) is 25.2. The second-order valence-corrected chi connectivity index (χ2v) is 9.14. The van der Waals surface area contributed by atoms with Gasteiger partial charge in [-0.1, -0.05) is 63.2 Å². The molecule has 1 heterocycles. The molecule has 3 rings (SSSR count). The van der Waals surface area contributed by atoms with Gasteiger partial charge in [0.05, 0.1) is 17.8 Å². The molecule has 3 aromatic rings. The Morgan fingerprint density at radius 2 is 1.66 bits per heavy atom. The highest BCUT2D eigenvalue weighted by Gasteiger charge is 2.26. The van der Waals surface area contributed by atoms with Crippen LogP contribution in [0.2, 0.25) is 0 Å². The molecule has 0 bridgehead atoms. The summed E-state index contributed by atoms with van der Waals surface area (Å²) in [6.07, 6.45) is 1.88. The van der Waals surface area contributed by atoms with Gasteiger partial charge in [-0.2, -0.15) is 0 Å². The van der Waals surface area contributed by atoms with E-state index in [2.05, 4.69) is 13.8 Å². The number of aromatic nitrogens is 2. The summed E-state index contributed by atoms with van der Waals surface area (Å²) in [5.41, 5.74) is 4.36. The fraction of sp³-hybridized carbons (Fsp3) is 0.429. The molecule has 0 saturated heterocycles. The van der Waals surface area contributed by atoms with Crippen LogP contribution < -0.4 is 5.69 Å². The normalized spacial score (nSPS) is 11.5. The zero-order valence-electron chi connectivity index (χ0n) is 21.3. The van der Waals surface area contributed by atoms with Gasteiger partial charge in [0.15, 0.2) is 6.29 Å². The van der Waals surface area contributed by atoms with Crippen LogP contribution in [-0.4, -0.2) is 34.4 Å². The predicted molar refractivity (Wildman–Crippen MR) is 137 cm³/mol. The van der Waals surface area contributed by atoms with E-state index in [-0.39, 0.29) is 11.3 Å². The molecule has 0 unspecified atom stereocenters. The summed E-state index contributed by atoms with van der Waals surface area (Å²) >= 11 is 0. The topological polar surface area (TPSA) is 82.7 Å². The van der Waals surface area contributed by atoms with E-state index in [4.69, 9.17) is 9.47 Å². The molecule has 7 heteroatoms. The van der Waals surface area contributed by atoms with Gasteiger partial charge in [-0.15, -0.1) is 0 Å². The third-order valence-electron chi connectivity index (χ3n) is 6.19. The maximum Gasteiger partial charge on any atom is 0.336 e. The Hall–Kier alpha value is -3.16. The average Bonchev–Trinajstić information content (AvgIpc) is 3.10. The summed E-state index contributed by atoms with van der Waals surface area (Å²) in [7, 11) is 3.18. The van der Waals surface area contributed by atoms with Crippen LogP contribution in [0.1, 0.15) is 67.2 Å². The molecule has 0 aliphatic carbocycles. The standard InChI is InChI=1S/C28H36N2O5/c1-6-17-29-25(27(34-4)35-5)24(16-11-19(2)3)30(28(29)33)18-20-12-14-21(15-13-20)22-9-7-8-10-23(22)26(31)32/h7-10,12-15,19,27H,6,11,16-18H2,1-5H3,(H,31,32). The highest BCUT2D eigenvalue weighted by molar-refractivity contribution is 5.95. The number of hydrogen-bond acceptors (Lipinski definition) is 4. The van der Waals surface area contributed by atoms with Gasteiger partial charge in [0.1, 0.15) is 0 Å². The SMILES string of the molecule is CCCn1c(C(OC)OC)c(CCC(C)C)n(Cc2ccc(-c3ccccc3C(=O)O)cc2)c1=O. The number of carboxylic acids is 1. The van der Waals surface area contributed by atoms with Crippen LogP contribution in [0.3, 0.4) is 0 Å². The monoisotopic (exact) mass is 480 g/mol. The van der Waals surface area contributed by atoms with Crippen LogP contribution >= 0.6 is 0 Å². The van der Waals surface area contributed by atoms with Crippen molar-refractivity contribution < 1.29 is 19.4 Å². The lowest BCUT2D eigenvalue weighted by molar-refractivity contribution is -0.111. The first-order valence-corrected chi connectivity index (χ1v) is 12.1. The Bertz CT molecular complexity index is 1190. The molecule has 0 atom stereocenters. The number of hydrogen-bond donors (Lipinski definition) is 1. The van der Waals surface area contributed by atoms with E-state index in [0.717, 1.165) is 41.8 Å². The molecule has 0 aliphatic heterocycles. The molecule has 2 aromatic carbocycles. The second kappa shape index (κ2) is 12.0. The van der Waals surface area contributed by atoms with E-state index in [0.29, 0.717) is 24.6 Å². The van der Waals surface area contributed by atoms with Crippen molar-refractivity contribution in [2.24, 2.45) is 5.92 Å². The van der Waals surface area contributed by atoms with Gasteiger partial charge in [-0.25, -0.2) is 9.59 Å². The van der Waals surface area contributed by atoms with Gasteiger partial charge >= 0.3 is 11.7 Å². The van der Waals surface area contributed by atoms with Crippen molar-refractivity contribution in [3.05, 3.63) is 81.5 Å². The van der Waals surface area contributed by atoms with E-state index >= 15 is 0 Å². The molecule has 0 saturated carbocycles. The molecule has 0 amide bonds. The van der Waals surface area contributed by atoms with Crippen LogP contribution in [0.25, 0.3) is 11.1 Å². The number of methoxy groups -OCH3 is 2. The number of carboxylic acid groups (broad SMARTS) is 1. The van der Waals surface area contributed by atoms with Gasteiger partial charge in [0, 0.05) is 26.5 Å². The third kappa shape index (κ3) is 5.92. The van der Waals surface area contributed by atoms with Gasteiger partial charge in [0.2, 0.25) is 0 Å². The van der Waals surface area contributed by atoms with E-state index < -0.39 is 12.3 Å². The Kier molecular flexibility index (Phi) is 9.07. The van der Waals surface area contributed by atoms with Crippen molar-refractivity contribution in [1.29, 1.82) is 0 Å². The summed E-state index contributed by atoms with van der Waals surface area (Å²) in [5.74, 6) is -0.472. The minimum Gasteiger partial charge on any atom is -0.478 e. The summed E-state index contributed by atoms with van der Waals surface area (Å²) in [6, 6.07) is 14.7.